The van der Waals surface area contributed by atoms with Crippen LogP contribution in [0.3, 0.4) is 0 Å². The van der Waals surface area contributed by atoms with E-state index >= 15 is 0 Å². The zero-order valence-corrected chi connectivity index (χ0v) is 10.0. The summed E-state index contributed by atoms with van der Waals surface area (Å²) in [5.74, 6) is -0.197. The molecule has 0 aliphatic carbocycles. The monoisotopic (exact) mass is 225 g/mol. The maximum absolute atomic E-state index is 13.1. The quantitative estimate of drug-likeness (QED) is 0.770. The van der Waals surface area contributed by atoms with E-state index in [1.165, 1.54) is 6.07 Å². The molecule has 3 heteroatoms. The van der Waals surface area contributed by atoms with Gasteiger partial charge in [-0.3, -0.25) is 0 Å². The van der Waals surface area contributed by atoms with Crippen molar-refractivity contribution < 1.29 is 9.13 Å². The molecular weight excluding hydrogens is 205 g/mol. The van der Waals surface area contributed by atoms with Crippen molar-refractivity contribution in [3.8, 4) is 0 Å². The summed E-state index contributed by atoms with van der Waals surface area (Å²) < 4.78 is 18.5. The van der Waals surface area contributed by atoms with Gasteiger partial charge in [0.2, 0.25) is 0 Å². The zero-order valence-electron chi connectivity index (χ0n) is 10.0. The van der Waals surface area contributed by atoms with Crippen molar-refractivity contribution in [1.82, 2.24) is 5.32 Å². The molecule has 1 atom stereocenters. The Morgan fingerprint density at radius 1 is 1.38 bits per heavy atom. The smallest absolute Gasteiger partial charge is 0.123 e. The van der Waals surface area contributed by atoms with E-state index in [1.807, 2.05) is 13.0 Å². The predicted molar refractivity (Wildman–Crippen MR) is 63.9 cm³/mol. The number of hydrogen-bond acceptors (Lipinski definition) is 2. The normalized spacial score (nSPS) is 12.7. The first-order valence-corrected chi connectivity index (χ1v) is 5.84. The molecule has 0 saturated carbocycles. The van der Waals surface area contributed by atoms with Gasteiger partial charge < -0.3 is 10.1 Å². The van der Waals surface area contributed by atoms with Crippen molar-refractivity contribution in [3.05, 3.63) is 35.6 Å². The van der Waals surface area contributed by atoms with Gasteiger partial charge in [-0.25, -0.2) is 4.39 Å². The molecule has 1 aromatic rings. The minimum absolute atomic E-state index is 0.0793. The molecule has 2 nitrogen and oxygen atoms in total. The third-order valence-electron chi connectivity index (χ3n) is 2.38. The van der Waals surface area contributed by atoms with Gasteiger partial charge in [0.1, 0.15) is 5.82 Å². The highest BCUT2D eigenvalue weighted by Crippen LogP contribution is 2.14. The number of hydrogen-bond donors (Lipinski definition) is 1. The molecule has 0 aliphatic heterocycles. The maximum Gasteiger partial charge on any atom is 0.123 e. The Hall–Kier alpha value is -0.930. The highest BCUT2D eigenvalue weighted by molar-refractivity contribution is 5.20. The van der Waals surface area contributed by atoms with Crippen LogP contribution in [0.5, 0.6) is 0 Å². The molecule has 0 heterocycles. The lowest BCUT2D eigenvalue weighted by Gasteiger charge is -2.18. The Balaban J connectivity index is 2.66. The molecule has 0 bridgehead atoms. The summed E-state index contributed by atoms with van der Waals surface area (Å²) in [7, 11) is 0. The first kappa shape index (κ1) is 13.1. The first-order valence-electron chi connectivity index (χ1n) is 5.84. The van der Waals surface area contributed by atoms with E-state index in [2.05, 4.69) is 12.2 Å². The summed E-state index contributed by atoms with van der Waals surface area (Å²) in [5, 5.41) is 3.36. The molecule has 16 heavy (non-hydrogen) atoms. The van der Waals surface area contributed by atoms with Crippen LogP contribution < -0.4 is 5.32 Å². The Morgan fingerprint density at radius 3 is 2.81 bits per heavy atom. The highest BCUT2D eigenvalue weighted by Gasteiger charge is 2.10. The average Bonchev–Trinajstić information content (AvgIpc) is 2.29. The number of benzene rings is 1. The second-order valence-electron chi connectivity index (χ2n) is 3.72. The van der Waals surface area contributed by atoms with Crippen molar-refractivity contribution >= 4 is 0 Å². The molecular formula is C13H20FNO. The van der Waals surface area contributed by atoms with Gasteiger partial charge in [-0.05, 0) is 37.6 Å². The lowest BCUT2D eigenvalue weighted by molar-refractivity contribution is 0.123. The maximum atomic E-state index is 13.1. The highest BCUT2D eigenvalue weighted by atomic mass is 19.1. The third-order valence-corrected chi connectivity index (χ3v) is 2.38. The van der Waals surface area contributed by atoms with Crippen molar-refractivity contribution in [2.75, 3.05) is 19.8 Å². The fourth-order valence-corrected chi connectivity index (χ4v) is 1.55. The van der Waals surface area contributed by atoms with Crippen LogP contribution in [0.2, 0.25) is 0 Å². The van der Waals surface area contributed by atoms with Crippen molar-refractivity contribution in [2.24, 2.45) is 0 Å². The van der Waals surface area contributed by atoms with E-state index < -0.39 is 0 Å². The summed E-state index contributed by atoms with van der Waals surface area (Å²) in [6.45, 7) is 6.24. The van der Waals surface area contributed by atoms with Crippen molar-refractivity contribution in [3.63, 3.8) is 0 Å². The van der Waals surface area contributed by atoms with E-state index in [4.69, 9.17) is 4.74 Å². The standard InChI is InChI=1S/C13H20FNO/c1-3-8-15-13(10-16-4-2)11-6-5-7-12(14)9-11/h5-7,9,13,15H,3-4,8,10H2,1-2H3. The summed E-state index contributed by atoms with van der Waals surface area (Å²) in [5.41, 5.74) is 0.946. The van der Waals surface area contributed by atoms with Crippen LogP contribution in [0, 0.1) is 5.82 Å². The molecule has 1 rings (SSSR count). The molecule has 0 spiro atoms. The fourth-order valence-electron chi connectivity index (χ4n) is 1.55. The molecule has 0 amide bonds. The molecule has 90 valence electrons. The summed E-state index contributed by atoms with van der Waals surface area (Å²) in [6, 6.07) is 6.76. The molecule has 0 aromatic heterocycles. The predicted octanol–water partition coefficient (Wildman–Crippen LogP) is 2.90. The van der Waals surface area contributed by atoms with Gasteiger partial charge in [-0.15, -0.1) is 0 Å². The third kappa shape index (κ3) is 4.29. The molecule has 0 radical (unpaired) electrons. The average molecular weight is 225 g/mol. The van der Waals surface area contributed by atoms with Gasteiger partial charge in [0.15, 0.2) is 0 Å². The summed E-state index contributed by atoms with van der Waals surface area (Å²) in [6.07, 6.45) is 1.05. The fraction of sp³-hybridized carbons (Fsp3) is 0.538. The molecule has 1 aromatic carbocycles. The van der Waals surface area contributed by atoms with Crippen LogP contribution in [0.25, 0.3) is 0 Å². The number of rotatable bonds is 7. The second-order valence-corrected chi connectivity index (χ2v) is 3.72. The van der Waals surface area contributed by atoms with Gasteiger partial charge in [-0.1, -0.05) is 19.1 Å². The zero-order chi connectivity index (χ0) is 11.8. The summed E-state index contributed by atoms with van der Waals surface area (Å²) in [4.78, 5) is 0. The van der Waals surface area contributed by atoms with E-state index in [0.29, 0.717) is 13.2 Å². The Kier molecular flexibility index (Phi) is 6.04. The van der Waals surface area contributed by atoms with Crippen LogP contribution in [-0.4, -0.2) is 19.8 Å². The van der Waals surface area contributed by atoms with Crippen LogP contribution in [0.4, 0.5) is 4.39 Å². The lowest BCUT2D eigenvalue weighted by Crippen LogP contribution is -2.26. The second kappa shape index (κ2) is 7.36. The molecule has 0 aliphatic rings. The summed E-state index contributed by atoms with van der Waals surface area (Å²) >= 11 is 0. The Morgan fingerprint density at radius 2 is 2.19 bits per heavy atom. The van der Waals surface area contributed by atoms with Crippen LogP contribution >= 0.6 is 0 Å². The van der Waals surface area contributed by atoms with Gasteiger partial charge in [0.05, 0.1) is 12.6 Å². The van der Waals surface area contributed by atoms with E-state index in [9.17, 15) is 4.39 Å². The van der Waals surface area contributed by atoms with E-state index in [1.54, 1.807) is 12.1 Å². The Labute approximate surface area is 96.8 Å². The van der Waals surface area contributed by atoms with Crippen LogP contribution in [0.15, 0.2) is 24.3 Å². The van der Waals surface area contributed by atoms with Gasteiger partial charge >= 0.3 is 0 Å². The van der Waals surface area contributed by atoms with E-state index in [-0.39, 0.29) is 11.9 Å². The van der Waals surface area contributed by atoms with Crippen molar-refractivity contribution in [1.29, 1.82) is 0 Å². The van der Waals surface area contributed by atoms with E-state index in [0.717, 1.165) is 18.5 Å². The topological polar surface area (TPSA) is 21.3 Å². The molecule has 0 saturated heterocycles. The molecule has 1 N–H and O–H groups in total. The van der Waals surface area contributed by atoms with Gasteiger partial charge in [-0.2, -0.15) is 0 Å². The number of halogens is 1. The Bertz CT molecular complexity index is 296. The largest absolute Gasteiger partial charge is 0.380 e. The minimum atomic E-state index is -0.197. The SMILES string of the molecule is CCCNC(COCC)c1cccc(F)c1. The molecule has 1 unspecified atom stereocenters. The minimum Gasteiger partial charge on any atom is -0.380 e. The van der Waals surface area contributed by atoms with Crippen molar-refractivity contribution in [2.45, 2.75) is 26.3 Å². The van der Waals surface area contributed by atoms with Gasteiger partial charge in [0, 0.05) is 6.61 Å². The lowest BCUT2D eigenvalue weighted by atomic mass is 10.1. The van der Waals surface area contributed by atoms with Crippen LogP contribution in [-0.2, 0) is 4.74 Å². The van der Waals surface area contributed by atoms with Crippen LogP contribution in [0.1, 0.15) is 31.9 Å². The van der Waals surface area contributed by atoms with Gasteiger partial charge in [0.25, 0.3) is 0 Å². The number of ether oxygens (including phenoxy) is 1. The molecule has 0 fully saturated rings. The number of nitrogens with one attached hydrogen (secondary N) is 1. The first-order chi connectivity index (χ1) is 7.77.